The van der Waals surface area contributed by atoms with Gasteiger partial charge in [0, 0.05) is 21.1 Å². The maximum absolute atomic E-state index is 12.1. The number of hydrogen-bond acceptors (Lipinski definition) is 2. The van der Waals surface area contributed by atoms with Crippen molar-refractivity contribution in [1.82, 2.24) is 5.32 Å². The minimum Gasteiger partial charge on any atom is -0.347 e. The van der Waals surface area contributed by atoms with Crippen molar-refractivity contribution in [1.29, 1.82) is 0 Å². The van der Waals surface area contributed by atoms with Gasteiger partial charge in [-0.1, -0.05) is 39.7 Å². The number of nitrogens with one attached hydrogen (secondary N) is 2. The summed E-state index contributed by atoms with van der Waals surface area (Å²) in [5, 5.41) is 6.11. The molecule has 2 atom stereocenters. The van der Waals surface area contributed by atoms with E-state index in [1.807, 2.05) is 36.4 Å². The lowest BCUT2D eigenvalue weighted by Gasteiger charge is -2.07. The van der Waals surface area contributed by atoms with Gasteiger partial charge in [-0.3, -0.25) is 9.59 Å². The molecule has 2 amide bonds. The molecule has 124 valence electrons. The third kappa shape index (κ3) is 4.36. The molecule has 0 heterocycles. The van der Waals surface area contributed by atoms with Crippen molar-refractivity contribution in [3.63, 3.8) is 0 Å². The van der Waals surface area contributed by atoms with Gasteiger partial charge in [0.25, 0.3) is 0 Å². The SMILES string of the molecule is O=C(CNC(=O)C1CC1c1cccc(Cl)c1)Nc1ccc(Br)cc1. The molecule has 3 rings (SSSR count). The molecule has 1 aliphatic rings. The molecule has 1 fully saturated rings. The monoisotopic (exact) mass is 406 g/mol. The summed E-state index contributed by atoms with van der Waals surface area (Å²) in [6.07, 6.45) is 0.792. The quantitative estimate of drug-likeness (QED) is 0.788. The second-order valence-corrected chi connectivity index (χ2v) is 7.13. The third-order valence-electron chi connectivity index (χ3n) is 3.96. The van der Waals surface area contributed by atoms with E-state index in [0.29, 0.717) is 10.7 Å². The van der Waals surface area contributed by atoms with Crippen LogP contribution in [0.2, 0.25) is 5.02 Å². The summed E-state index contributed by atoms with van der Waals surface area (Å²) in [5.74, 6) is -0.223. The third-order valence-corrected chi connectivity index (χ3v) is 4.72. The lowest BCUT2D eigenvalue weighted by molar-refractivity contribution is -0.125. The average Bonchev–Trinajstić information content (AvgIpc) is 3.36. The molecule has 0 aliphatic heterocycles. The molecule has 2 aromatic rings. The molecule has 2 N–H and O–H groups in total. The first-order valence-electron chi connectivity index (χ1n) is 7.61. The van der Waals surface area contributed by atoms with Crippen LogP contribution in [0.5, 0.6) is 0 Å². The maximum Gasteiger partial charge on any atom is 0.243 e. The van der Waals surface area contributed by atoms with Crippen molar-refractivity contribution >= 4 is 45.0 Å². The van der Waals surface area contributed by atoms with Gasteiger partial charge < -0.3 is 10.6 Å². The number of amides is 2. The Hall–Kier alpha value is -1.85. The number of carbonyl (C=O) groups is 2. The van der Waals surface area contributed by atoms with Crippen LogP contribution in [0.3, 0.4) is 0 Å². The Balaban J connectivity index is 1.46. The molecule has 1 saturated carbocycles. The Morgan fingerprint density at radius 2 is 1.92 bits per heavy atom. The number of benzene rings is 2. The van der Waals surface area contributed by atoms with Gasteiger partial charge in [0.1, 0.15) is 0 Å². The van der Waals surface area contributed by atoms with Gasteiger partial charge in [0.15, 0.2) is 0 Å². The van der Waals surface area contributed by atoms with Crippen LogP contribution in [0.15, 0.2) is 53.0 Å². The van der Waals surface area contributed by atoms with Crippen molar-refractivity contribution in [2.45, 2.75) is 12.3 Å². The van der Waals surface area contributed by atoms with E-state index < -0.39 is 0 Å². The summed E-state index contributed by atoms with van der Waals surface area (Å²) in [4.78, 5) is 24.0. The Morgan fingerprint density at radius 3 is 2.62 bits per heavy atom. The fraction of sp³-hybridized carbons (Fsp3) is 0.222. The van der Waals surface area contributed by atoms with E-state index in [2.05, 4.69) is 26.6 Å². The second-order valence-electron chi connectivity index (χ2n) is 5.78. The highest BCUT2D eigenvalue weighted by Gasteiger charge is 2.43. The fourth-order valence-corrected chi connectivity index (χ4v) is 3.09. The molecule has 24 heavy (non-hydrogen) atoms. The van der Waals surface area contributed by atoms with Crippen LogP contribution in [0.4, 0.5) is 5.69 Å². The zero-order chi connectivity index (χ0) is 17.1. The van der Waals surface area contributed by atoms with Gasteiger partial charge >= 0.3 is 0 Å². The molecule has 0 radical (unpaired) electrons. The molecule has 2 unspecified atom stereocenters. The Bertz CT molecular complexity index is 764. The maximum atomic E-state index is 12.1. The van der Waals surface area contributed by atoms with Crippen LogP contribution in [-0.4, -0.2) is 18.4 Å². The molecule has 0 spiro atoms. The number of halogens is 2. The van der Waals surface area contributed by atoms with Crippen LogP contribution in [0, 0.1) is 5.92 Å². The molecule has 0 bridgehead atoms. The summed E-state index contributed by atoms with van der Waals surface area (Å²) in [6, 6.07) is 14.8. The highest BCUT2D eigenvalue weighted by atomic mass is 79.9. The second kappa shape index (κ2) is 7.36. The van der Waals surface area contributed by atoms with Crippen LogP contribution >= 0.6 is 27.5 Å². The zero-order valence-electron chi connectivity index (χ0n) is 12.8. The standard InChI is InChI=1S/C18H16BrClN2O2/c19-12-4-6-14(7-5-12)22-17(23)10-21-18(24)16-9-15(16)11-2-1-3-13(20)8-11/h1-8,15-16H,9-10H2,(H,21,24)(H,22,23). The van der Waals surface area contributed by atoms with Gasteiger partial charge in [0.05, 0.1) is 6.54 Å². The number of anilines is 1. The molecular weight excluding hydrogens is 392 g/mol. The van der Waals surface area contributed by atoms with Crippen molar-refractivity contribution < 1.29 is 9.59 Å². The van der Waals surface area contributed by atoms with Crippen LogP contribution < -0.4 is 10.6 Å². The highest BCUT2D eigenvalue weighted by Crippen LogP contribution is 2.47. The van der Waals surface area contributed by atoms with E-state index in [-0.39, 0.29) is 30.2 Å². The first-order valence-corrected chi connectivity index (χ1v) is 8.78. The number of rotatable bonds is 5. The van der Waals surface area contributed by atoms with Crippen molar-refractivity contribution in [3.8, 4) is 0 Å². The molecular formula is C18H16BrClN2O2. The summed E-state index contributed by atoms with van der Waals surface area (Å²) < 4.78 is 0.939. The minimum absolute atomic E-state index is 0.0341. The highest BCUT2D eigenvalue weighted by molar-refractivity contribution is 9.10. The number of hydrogen-bond donors (Lipinski definition) is 2. The summed E-state index contributed by atoms with van der Waals surface area (Å²) in [6.45, 7) is -0.0341. The molecule has 6 heteroatoms. The van der Waals surface area contributed by atoms with Gasteiger partial charge in [-0.05, 0) is 54.3 Å². The van der Waals surface area contributed by atoms with Crippen molar-refractivity contribution in [2.24, 2.45) is 5.92 Å². The Kier molecular flexibility index (Phi) is 5.21. The van der Waals surface area contributed by atoms with E-state index in [1.54, 1.807) is 12.1 Å². The first-order chi connectivity index (χ1) is 11.5. The largest absolute Gasteiger partial charge is 0.347 e. The first kappa shape index (κ1) is 17.0. The van der Waals surface area contributed by atoms with Crippen LogP contribution in [-0.2, 0) is 9.59 Å². The average molecular weight is 408 g/mol. The molecule has 0 saturated heterocycles. The van der Waals surface area contributed by atoms with E-state index >= 15 is 0 Å². The van der Waals surface area contributed by atoms with E-state index in [4.69, 9.17) is 11.6 Å². The molecule has 0 aromatic heterocycles. The van der Waals surface area contributed by atoms with Crippen molar-refractivity contribution in [3.05, 3.63) is 63.6 Å². The van der Waals surface area contributed by atoms with Gasteiger partial charge in [-0.15, -0.1) is 0 Å². The van der Waals surface area contributed by atoms with Crippen molar-refractivity contribution in [2.75, 3.05) is 11.9 Å². The predicted octanol–water partition coefficient (Wildman–Crippen LogP) is 3.96. The topological polar surface area (TPSA) is 58.2 Å². The molecule has 4 nitrogen and oxygen atoms in total. The molecule has 2 aromatic carbocycles. The Labute approximate surface area is 153 Å². The smallest absolute Gasteiger partial charge is 0.243 e. The zero-order valence-corrected chi connectivity index (χ0v) is 15.1. The lowest BCUT2D eigenvalue weighted by atomic mass is 10.1. The van der Waals surface area contributed by atoms with Gasteiger partial charge in [-0.25, -0.2) is 0 Å². The van der Waals surface area contributed by atoms with Gasteiger partial charge in [-0.2, -0.15) is 0 Å². The lowest BCUT2D eigenvalue weighted by Crippen LogP contribution is -2.34. The van der Waals surface area contributed by atoms with E-state index in [9.17, 15) is 9.59 Å². The summed E-state index contributed by atoms with van der Waals surface area (Å²) >= 11 is 9.31. The molecule has 1 aliphatic carbocycles. The predicted molar refractivity (Wildman–Crippen MR) is 98.1 cm³/mol. The van der Waals surface area contributed by atoms with Crippen LogP contribution in [0.25, 0.3) is 0 Å². The van der Waals surface area contributed by atoms with Gasteiger partial charge in [0.2, 0.25) is 11.8 Å². The fourth-order valence-electron chi connectivity index (χ4n) is 2.63. The van der Waals surface area contributed by atoms with E-state index in [1.165, 1.54) is 0 Å². The normalized spacial score (nSPS) is 18.8. The summed E-state index contributed by atoms with van der Waals surface area (Å²) in [7, 11) is 0. The summed E-state index contributed by atoms with van der Waals surface area (Å²) in [5.41, 5.74) is 1.77. The van der Waals surface area contributed by atoms with Crippen LogP contribution in [0.1, 0.15) is 17.9 Å². The van der Waals surface area contributed by atoms with E-state index in [0.717, 1.165) is 16.5 Å². The Morgan fingerprint density at radius 1 is 1.17 bits per heavy atom. The number of carbonyl (C=O) groups excluding carboxylic acids is 2. The minimum atomic E-state index is -0.245.